The molecule has 1 unspecified atom stereocenters. The molecule has 0 spiro atoms. The van der Waals surface area contributed by atoms with Crippen molar-refractivity contribution in [1.82, 2.24) is 10.6 Å². The Morgan fingerprint density at radius 2 is 1.87 bits per heavy atom. The first-order chi connectivity index (χ1) is 14.5. The molecule has 0 fully saturated rings. The van der Waals surface area contributed by atoms with Gasteiger partial charge in [0.15, 0.2) is 0 Å². The Hall–Kier alpha value is -2.91. The lowest BCUT2D eigenvalue weighted by atomic mass is 10.2. The van der Waals surface area contributed by atoms with Gasteiger partial charge >= 0.3 is 12.1 Å². The van der Waals surface area contributed by atoms with Crippen LogP contribution in [0.1, 0.15) is 15.2 Å². The lowest BCUT2D eigenvalue weighted by Gasteiger charge is -2.17. The van der Waals surface area contributed by atoms with Crippen molar-refractivity contribution in [2.45, 2.75) is 12.6 Å². The highest BCUT2D eigenvalue weighted by molar-refractivity contribution is 9.10. The third-order valence-corrected chi connectivity index (χ3v) is 5.98. The van der Waals surface area contributed by atoms with E-state index in [-0.39, 0.29) is 19.1 Å². The molecule has 1 aromatic heterocycles. The van der Waals surface area contributed by atoms with E-state index in [2.05, 4.69) is 26.6 Å². The molecule has 1 heterocycles. The lowest BCUT2D eigenvalue weighted by molar-refractivity contribution is -0.142. The van der Waals surface area contributed by atoms with Gasteiger partial charge in [-0.05, 0) is 23.8 Å². The lowest BCUT2D eigenvalue weighted by Crippen LogP contribution is -2.49. The van der Waals surface area contributed by atoms with Crippen molar-refractivity contribution in [1.29, 1.82) is 0 Å². The van der Waals surface area contributed by atoms with Crippen molar-refractivity contribution in [3.63, 3.8) is 0 Å². The molecule has 1 atom stereocenters. The van der Waals surface area contributed by atoms with Crippen LogP contribution >= 0.6 is 27.3 Å². The van der Waals surface area contributed by atoms with Crippen molar-refractivity contribution in [3.8, 4) is 0 Å². The third-order valence-electron chi connectivity index (χ3n) is 4.19. The van der Waals surface area contributed by atoms with Gasteiger partial charge in [0, 0.05) is 21.1 Å². The molecule has 3 aromatic rings. The summed E-state index contributed by atoms with van der Waals surface area (Å²) in [5.74, 6) is -1.04. The molecular formula is C21H19BrN2O5S. The fourth-order valence-electron chi connectivity index (χ4n) is 2.66. The fourth-order valence-corrected chi connectivity index (χ4v) is 4.28. The minimum Gasteiger partial charge on any atom is -0.467 e. The molecule has 0 aliphatic carbocycles. The average Bonchev–Trinajstić information content (AvgIpc) is 3.21. The van der Waals surface area contributed by atoms with Crippen LogP contribution in [0.5, 0.6) is 0 Å². The van der Waals surface area contributed by atoms with Gasteiger partial charge in [-0.3, -0.25) is 4.79 Å². The van der Waals surface area contributed by atoms with Gasteiger partial charge in [-0.15, -0.1) is 11.3 Å². The Morgan fingerprint density at radius 1 is 1.10 bits per heavy atom. The van der Waals surface area contributed by atoms with Gasteiger partial charge in [-0.25, -0.2) is 9.59 Å². The molecule has 30 heavy (non-hydrogen) atoms. The maximum atomic E-state index is 12.5. The van der Waals surface area contributed by atoms with Crippen LogP contribution in [-0.4, -0.2) is 37.7 Å². The van der Waals surface area contributed by atoms with E-state index in [1.54, 1.807) is 6.07 Å². The fraction of sp³-hybridized carbons (Fsp3) is 0.190. The SMILES string of the molecule is COC(=O)C(CNC(=O)c1cc2c(Br)cccc2s1)NC(=O)OCc1ccccc1. The number of alkyl carbamates (subject to hydrolysis) is 1. The number of esters is 1. The summed E-state index contributed by atoms with van der Waals surface area (Å²) in [6.45, 7) is -0.0784. The highest BCUT2D eigenvalue weighted by Gasteiger charge is 2.23. The summed E-state index contributed by atoms with van der Waals surface area (Å²) in [5, 5.41) is 6.02. The first kappa shape index (κ1) is 21.8. The zero-order valence-electron chi connectivity index (χ0n) is 16.0. The molecule has 0 bridgehead atoms. The Bertz CT molecular complexity index is 1050. The van der Waals surface area contributed by atoms with Crippen molar-refractivity contribution < 1.29 is 23.9 Å². The average molecular weight is 491 g/mol. The van der Waals surface area contributed by atoms with E-state index in [1.165, 1.54) is 18.4 Å². The van der Waals surface area contributed by atoms with Crippen LogP contribution in [-0.2, 0) is 20.9 Å². The van der Waals surface area contributed by atoms with E-state index in [4.69, 9.17) is 9.47 Å². The second-order valence-electron chi connectivity index (χ2n) is 6.25. The summed E-state index contributed by atoms with van der Waals surface area (Å²) >= 11 is 4.80. The molecule has 3 rings (SSSR count). The predicted octanol–water partition coefficient (Wildman–Crippen LogP) is 3.86. The second kappa shape index (κ2) is 10.2. The summed E-state index contributed by atoms with van der Waals surface area (Å²) in [4.78, 5) is 37.1. The third kappa shape index (κ3) is 5.58. The molecule has 156 valence electrons. The molecule has 0 aliphatic heterocycles. The van der Waals surface area contributed by atoms with Crippen LogP contribution in [0.2, 0.25) is 0 Å². The van der Waals surface area contributed by atoms with E-state index in [1.807, 2.05) is 48.5 Å². The van der Waals surface area contributed by atoms with Gasteiger partial charge in [-0.1, -0.05) is 52.3 Å². The number of benzene rings is 2. The Labute approximate surface area is 185 Å². The molecule has 7 nitrogen and oxygen atoms in total. The summed E-state index contributed by atoms with van der Waals surface area (Å²) in [5.41, 5.74) is 0.812. The van der Waals surface area contributed by atoms with Crippen LogP contribution in [0.15, 0.2) is 59.1 Å². The van der Waals surface area contributed by atoms with Crippen molar-refractivity contribution in [2.75, 3.05) is 13.7 Å². The standard InChI is InChI=1S/C21H19BrN2O5S/c1-28-20(26)16(24-21(27)29-12-13-6-3-2-4-7-13)11-23-19(25)18-10-14-15(22)8-5-9-17(14)30-18/h2-10,16H,11-12H2,1H3,(H,23,25)(H,24,27). The zero-order valence-corrected chi connectivity index (χ0v) is 18.4. The summed E-state index contributed by atoms with van der Waals surface area (Å²) in [6, 6.07) is 15.5. The highest BCUT2D eigenvalue weighted by atomic mass is 79.9. The topological polar surface area (TPSA) is 93.7 Å². The van der Waals surface area contributed by atoms with Gasteiger partial charge in [0.2, 0.25) is 0 Å². The molecule has 2 N–H and O–H groups in total. The number of halogens is 1. The number of rotatable bonds is 7. The largest absolute Gasteiger partial charge is 0.467 e. The number of ether oxygens (including phenoxy) is 2. The number of hydrogen-bond acceptors (Lipinski definition) is 6. The number of nitrogens with one attached hydrogen (secondary N) is 2. The molecule has 2 amide bonds. The molecule has 0 saturated carbocycles. The van der Waals surface area contributed by atoms with E-state index in [0.717, 1.165) is 20.1 Å². The maximum Gasteiger partial charge on any atom is 0.408 e. The number of carbonyl (C=O) groups excluding carboxylic acids is 3. The molecule has 9 heteroatoms. The van der Waals surface area contributed by atoms with E-state index in [9.17, 15) is 14.4 Å². The normalized spacial score (nSPS) is 11.5. The van der Waals surface area contributed by atoms with Gasteiger partial charge in [-0.2, -0.15) is 0 Å². The molecule has 0 radical (unpaired) electrons. The van der Waals surface area contributed by atoms with Crippen LogP contribution in [0.3, 0.4) is 0 Å². The molecule has 0 saturated heterocycles. The minimum absolute atomic E-state index is 0.0591. The second-order valence-corrected chi connectivity index (χ2v) is 8.19. The quantitative estimate of drug-likeness (QED) is 0.490. The summed E-state index contributed by atoms with van der Waals surface area (Å²) < 4.78 is 11.7. The van der Waals surface area contributed by atoms with Gasteiger partial charge in [0.25, 0.3) is 5.91 Å². The Balaban J connectivity index is 1.58. The van der Waals surface area contributed by atoms with Crippen LogP contribution in [0.25, 0.3) is 10.1 Å². The monoisotopic (exact) mass is 490 g/mol. The zero-order chi connectivity index (χ0) is 21.5. The van der Waals surface area contributed by atoms with Crippen LogP contribution < -0.4 is 10.6 Å². The van der Waals surface area contributed by atoms with Gasteiger partial charge in [0.1, 0.15) is 12.6 Å². The first-order valence-electron chi connectivity index (χ1n) is 8.99. The Kier molecular flexibility index (Phi) is 7.42. The number of hydrogen-bond donors (Lipinski definition) is 2. The van der Waals surface area contributed by atoms with Crippen LogP contribution in [0.4, 0.5) is 4.79 Å². The van der Waals surface area contributed by atoms with Gasteiger partial charge in [0.05, 0.1) is 12.0 Å². The van der Waals surface area contributed by atoms with Crippen molar-refractivity contribution in [3.05, 3.63) is 69.5 Å². The number of carbonyl (C=O) groups is 3. The number of methoxy groups -OCH3 is 1. The predicted molar refractivity (Wildman–Crippen MR) is 117 cm³/mol. The van der Waals surface area contributed by atoms with E-state index >= 15 is 0 Å². The maximum absolute atomic E-state index is 12.5. The molecular weight excluding hydrogens is 472 g/mol. The highest BCUT2D eigenvalue weighted by Crippen LogP contribution is 2.31. The number of amides is 2. The minimum atomic E-state index is -1.08. The van der Waals surface area contributed by atoms with Crippen molar-refractivity contribution >= 4 is 55.3 Å². The number of fused-ring (bicyclic) bond motifs is 1. The van der Waals surface area contributed by atoms with Crippen LogP contribution in [0, 0.1) is 0 Å². The Morgan fingerprint density at radius 3 is 2.57 bits per heavy atom. The molecule has 0 aliphatic rings. The number of thiophene rings is 1. The van der Waals surface area contributed by atoms with E-state index in [0.29, 0.717) is 4.88 Å². The van der Waals surface area contributed by atoms with E-state index < -0.39 is 18.1 Å². The first-order valence-corrected chi connectivity index (χ1v) is 10.6. The molecule has 2 aromatic carbocycles. The van der Waals surface area contributed by atoms with Gasteiger partial charge < -0.3 is 20.1 Å². The smallest absolute Gasteiger partial charge is 0.408 e. The van der Waals surface area contributed by atoms with Crippen molar-refractivity contribution in [2.24, 2.45) is 0 Å². The summed E-state index contributed by atoms with van der Waals surface area (Å²) in [6.07, 6.45) is -0.783. The summed E-state index contributed by atoms with van der Waals surface area (Å²) in [7, 11) is 1.21.